The van der Waals surface area contributed by atoms with E-state index in [-0.39, 0.29) is 0 Å². The first-order valence-corrected chi connectivity index (χ1v) is 5.98. The molecule has 0 radical (unpaired) electrons. The van der Waals surface area contributed by atoms with Crippen molar-refractivity contribution in [3.8, 4) is 0 Å². The van der Waals surface area contributed by atoms with Crippen LogP contribution in [0.2, 0.25) is 0 Å². The Labute approximate surface area is 109 Å². The van der Waals surface area contributed by atoms with Crippen LogP contribution in [0, 0.1) is 6.92 Å². The number of H-pyrrole nitrogens is 1. The molecule has 7 heteroatoms. The van der Waals surface area contributed by atoms with E-state index >= 15 is 0 Å². The van der Waals surface area contributed by atoms with Crippen LogP contribution in [0.5, 0.6) is 0 Å². The second-order valence-corrected chi connectivity index (χ2v) is 4.30. The van der Waals surface area contributed by atoms with Gasteiger partial charge in [-0.05, 0) is 12.1 Å². The number of rotatable bonds is 4. The highest BCUT2D eigenvalue weighted by Gasteiger charge is 2.05. The Morgan fingerprint density at radius 2 is 2.32 bits per heavy atom. The van der Waals surface area contributed by atoms with Crippen molar-refractivity contribution in [1.82, 2.24) is 20.3 Å². The molecular formula is C12H14N6O. The van der Waals surface area contributed by atoms with Gasteiger partial charge in [-0.2, -0.15) is 10.1 Å². The molecule has 1 aromatic carbocycles. The van der Waals surface area contributed by atoms with Crippen molar-refractivity contribution in [2.24, 2.45) is 0 Å². The standard InChI is InChI=1S/C12H14N6O/c1-7-16-12(18-19-7)2-3-14-11-5-10-8(4-9(11)13)6-15-17-10/h4-6,14H,2-3,13H2,1H3,(H,15,17). The summed E-state index contributed by atoms with van der Waals surface area (Å²) in [5, 5.41) is 15.0. The van der Waals surface area contributed by atoms with Gasteiger partial charge in [-0.15, -0.1) is 0 Å². The Balaban J connectivity index is 1.69. The number of nitrogens with one attached hydrogen (secondary N) is 2. The van der Waals surface area contributed by atoms with E-state index in [9.17, 15) is 0 Å². The number of nitrogens with two attached hydrogens (primary N) is 1. The van der Waals surface area contributed by atoms with Gasteiger partial charge in [0.1, 0.15) is 0 Å². The van der Waals surface area contributed by atoms with Gasteiger partial charge in [-0.3, -0.25) is 5.10 Å². The highest BCUT2D eigenvalue weighted by molar-refractivity contribution is 5.88. The fraction of sp³-hybridized carbons (Fsp3) is 0.250. The largest absolute Gasteiger partial charge is 0.397 e. The molecule has 0 amide bonds. The zero-order valence-corrected chi connectivity index (χ0v) is 10.5. The van der Waals surface area contributed by atoms with E-state index in [4.69, 9.17) is 10.3 Å². The summed E-state index contributed by atoms with van der Waals surface area (Å²) in [6, 6.07) is 3.83. The normalized spacial score (nSPS) is 11.0. The van der Waals surface area contributed by atoms with Crippen molar-refractivity contribution in [2.75, 3.05) is 17.6 Å². The van der Waals surface area contributed by atoms with Crippen LogP contribution in [0.25, 0.3) is 10.9 Å². The van der Waals surface area contributed by atoms with Gasteiger partial charge in [0.15, 0.2) is 5.82 Å². The predicted molar refractivity (Wildman–Crippen MR) is 71.7 cm³/mol. The Hall–Kier alpha value is -2.57. The number of hydrogen-bond donors (Lipinski definition) is 3. The van der Waals surface area contributed by atoms with Gasteiger partial charge in [0.05, 0.1) is 23.1 Å². The van der Waals surface area contributed by atoms with E-state index < -0.39 is 0 Å². The maximum atomic E-state index is 5.98. The van der Waals surface area contributed by atoms with Gasteiger partial charge < -0.3 is 15.6 Å². The van der Waals surface area contributed by atoms with E-state index in [1.807, 2.05) is 12.1 Å². The van der Waals surface area contributed by atoms with Crippen LogP contribution >= 0.6 is 0 Å². The fourth-order valence-corrected chi connectivity index (χ4v) is 1.91. The second-order valence-electron chi connectivity index (χ2n) is 4.30. The number of nitrogen functional groups attached to an aromatic ring is 1. The van der Waals surface area contributed by atoms with Crippen LogP contribution in [-0.4, -0.2) is 26.9 Å². The van der Waals surface area contributed by atoms with Crippen molar-refractivity contribution in [3.05, 3.63) is 30.0 Å². The average Bonchev–Trinajstić information content (AvgIpc) is 2.98. The molecule has 0 unspecified atom stereocenters. The maximum Gasteiger partial charge on any atom is 0.223 e. The van der Waals surface area contributed by atoms with Gasteiger partial charge in [0.2, 0.25) is 5.89 Å². The molecule has 0 aliphatic heterocycles. The number of nitrogens with zero attached hydrogens (tertiary/aromatic N) is 3. The summed E-state index contributed by atoms with van der Waals surface area (Å²) in [6.45, 7) is 2.46. The van der Waals surface area contributed by atoms with Gasteiger partial charge >= 0.3 is 0 Å². The molecule has 0 bridgehead atoms. The Kier molecular flexibility index (Phi) is 2.79. The Morgan fingerprint density at radius 1 is 1.42 bits per heavy atom. The third-order valence-corrected chi connectivity index (χ3v) is 2.84. The van der Waals surface area contributed by atoms with E-state index in [1.54, 1.807) is 13.1 Å². The molecule has 2 aromatic heterocycles. The first-order chi connectivity index (χ1) is 9.22. The van der Waals surface area contributed by atoms with Crippen molar-refractivity contribution < 1.29 is 4.52 Å². The van der Waals surface area contributed by atoms with Crippen molar-refractivity contribution in [1.29, 1.82) is 0 Å². The lowest BCUT2D eigenvalue weighted by atomic mass is 10.2. The van der Waals surface area contributed by atoms with Gasteiger partial charge in [0.25, 0.3) is 0 Å². The molecule has 0 aliphatic rings. The first-order valence-electron chi connectivity index (χ1n) is 5.98. The summed E-state index contributed by atoms with van der Waals surface area (Å²) >= 11 is 0. The molecule has 98 valence electrons. The van der Waals surface area contributed by atoms with E-state index in [0.717, 1.165) is 16.6 Å². The van der Waals surface area contributed by atoms with Gasteiger partial charge in [-0.25, -0.2) is 0 Å². The SMILES string of the molecule is Cc1nc(CCNc2cc3[nH]ncc3cc2N)no1. The molecule has 4 N–H and O–H groups in total. The van der Waals surface area contributed by atoms with Crippen LogP contribution in [0.3, 0.4) is 0 Å². The predicted octanol–water partition coefficient (Wildman–Crippen LogP) is 1.49. The summed E-state index contributed by atoms with van der Waals surface area (Å²) in [5.41, 5.74) is 8.49. The topological polar surface area (TPSA) is 106 Å². The van der Waals surface area contributed by atoms with Crippen LogP contribution in [-0.2, 0) is 6.42 Å². The number of benzene rings is 1. The Bertz CT molecular complexity index is 701. The molecule has 19 heavy (non-hydrogen) atoms. The molecular weight excluding hydrogens is 244 g/mol. The average molecular weight is 258 g/mol. The minimum atomic E-state index is 0.577. The van der Waals surface area contributed by atoms with Crippen LogP contribution in [0.1, 0.15) is 11.7 Å². The highest BCUT2D eigenvalue weighted by atomic mass is 16.5. The third kappa shape index (κ3) is 2.35. The minimum Gasteiger partial charge on any atom is -0.397 e. The van der Waals surface area contributed by atoms with E-state index in [2.05, 4.69) is 25.7 Å². The van der Waals surface area contributed by atoms with Gasteiger partial charge in [-0.1, -0.05) is 5.16 Å². The smallest absolute Gasteiger partial charge is 0.223 e. The van der Waals surface area contributed by atoms with Crippen molar-refractivity contribution in [3.63, 3.8) is 0 Å². The minimum absolute atomic E-state index is 0.577. The molecule has 0 saturated carbocycles. The molecule has 0 atom stereocenters. The zero-order chi connectivity index (χ0) is 13.2. The number of anilines is 2. The Morgan fingerprint density at radius 3 is 3.11 bits per heavy atom. The highest BCUT2D eigenvalue weighted by Crippen LogP contribution is 2.24. The number of aromatic amines is 1. The monoisotopic (exact) mass is 258 g/mol. The summed E-state index contributed by atoms with van der Waals surface area (Å²) in [7, 11) is 0. The lowest BCUT2D eigenvalue weighted by molar-refractivity contribution is 0.387. The summed E-state index contributed by atoms with van der Waals surface area (Å²) in [6.07, 6.45) is 2.43. The molecule has 0 aliphatic carbocycles. The maximum absolute atomic E-state index is 5.98. The molecule has 3 aromatic rings. The lowest BCUT2D eigenvalue weighted by Gasteiger charge is -2.08. The van der Waals surface area contributed by atoms with Crippen LogP contribution < -0.4 is 11.1 Å². The van der Waals surface area contributed by atoms with Crippen LogP contribution in [0.15, 0.2) is 22.9 Å². The fourth-order valence-electron chi connectivity index (χ4n) is 1.91. The number of fused-ring (bicyclic) bond motifs is 1. The van der Waals surface area contributed by atoms with Crippen molar-refractivity contribution in [2.45, 2.75) is 13.3 Å². The zero-order valence-electron chi connectivity index (χ0n) is 10.5. The third-order valence-electron chi connectivity index (χ3n) is 2.84. The number of aryl methyl sites for hydroxylation is 1. The van der Waals surface area contributed by atoms with Gasteiger partial charge in [0, 0.05) is 25.3 Å². The number of hydrogen-bond acceptors (Lipinski definition) is 6. The first kappa shape index (κ1) is 11.5. The molecule has 2 heterocycles. The number of aromatic nitrogens is 4. The lowest BCUT2D eigenvalue weighted by Crippen LogP contribution is -2.07. The second kappa shape index (κ2) is 4.60. The summed E-state index contributed by atoms with van der Waals surface area (Å²) in [5.74, 6) is 1.26. The van der Waals surface area contributed by atoms with Crippen molar-refractivity contribution >= 4 is 22.3 Å². The molecule has 0 spiro atoms. The van der Waals surface area contributed by atoms with E-state index in [1.165, 1.54) is 0 Å². The molecule has 0 fully saturated rings. The summed E-state index contributed by atoms with van der Waals surface area (Å²) < 4.78 is 4.91. The summed E-state index contributed by atoms with van der Waals surface area (Å²) in [4.78, 5) is 4.14. The quantitative estimate of drug-likeness (QED) is 0.612. The molecule has 0 saturated heterocycles. The van der Waals surface area contributed by atoms with Crippen LogP contribution in [0.4, 0.5) is 11.4 Å². The molecule has 7 nitrogen and oxygen atoms in total. The molecule has 3 rings (SSSR count). The van der Waals surface area contributed by atoms with E-state index in [0.29, 0.717) is 30.4 Å².